The molecule has 19 heavy (non-hydrogen) atoms. The summed E-state index contributed by atoms with van der Waals surface area (Å²) in [6.45, 7) is 2.91. The van der Waals surface area contributed by atoms with Crippen LogP contribution in [0, 0.1) is 0 Å². The first-order valence-corrected chi connectivity index (χ1v) is 6.47. The Morgan fingerprint density at radius 3 is 2.68 bits per heavy atom. The topological polar surface area (TPSA) is 47.8 Å². The van der Waals surface area contributed by atoms with Crippen LogP contribution < -0.4 is 0 Å². The summed E-state index contributed by atoms with van der Waals surface area (Å²) in [7, 11) is 0. The third-order valence-corrected chi connectivity index (χ3v) is 2.87. The molecule has 1 aromatic carbocycles. The number of rotatable bonds is 6. The molecule has 2 aromatic rings. The van der Waals surface area contributed by atoms with Crippen LogP contribution in [0.3, 0.4) is 0 Å². The fourth-order valence-electron chi connectivity index (χ4n) is 1.80. The zero-order valence-corrected chi connectivity index (χ0v) is 11.0. The first-order chi connectivity index (χ1) is 9.35. The van der Waals surface area contributed by atoms with Crippen molar-refractivity contribution in [3.63, 3.8) is 0 Å². The van der Waals surface area contributed by atoms with Crippen molar-refractivity contribution < 1.29 is 4.79 Å². The summed E-state index contributed by atoms with van der Waals surface area (Å²) in [5, 5.41) is 7.91. The highest BCUT2D eigenvalue weighted by atomic mass is 16.1. The minimum absolute atomic E-state index is 0.392. The van der Waals surface area contributed by atoms with Crippen molar-refractivity contribution in [1.29, 1.82) is 0 Å². The number of aromatic nitrogens is 3. The van der Waals surface area contributed by atoms with Gasteiger partial charge in [0.2, 0.25) is 0 Å². The predicted molar refractivity (Wildman–Crippen MR) is 75.7 cm³/mol. The highest BCUT2D eigenvalue weighted by Crippen LogP contribution is 2.11. The molecule has 0 amide bonds. The van der Waals surface area contributed by atoms with Crippen LogP contribution in [0.25, 0.3) is 12.2 Å². The average Bonchev–Trinajstić information content (AvgIpc) is 2.86. The van der Waals surface area contributed by atoms with E-state index in [1.807, 2.05) is 42.5 Å². The van der Waals surface area contributed by atoms with E-state index >= 15 is 0 Å². The normalized spacial score (nSPS) is 11.0. The molecule has 0 aliphatic rings. The van der Waals surface area contributed by atoms with Crippen LogP contribution in [0.15, 0.2) is 30.3 Å². The van der Waals surface area contributed by atoms with Crippen LogP contribution in [-0.4, -0.2) is 21.3 Å². The van der Waals surface area contributed by atoms with E-state index < -0.39 is 0 Å². The van der Waals surface area contributed by atoms with Crippen LogP contribution in [0.1, 0.15) is 41.5 Å². The lowest BCUT2D eigenvalue weighted by atomic mass is 10.2. The van der Waals surface area contributed by atoms with Crippen molar-refractivity contribution in [2.45, 2.75) is 26.3 Å². The van der Waals surface area contributed by atoms with Crippen LogP contribution in [0.2, 0.25) is 0 Å². The summed E-state index contributed by atoms with van der Waals surface area (Å²) in [5.41, 5.74) is 2.25. The van der Waals surface area contributed by atoms with Crippen molar-refractivity contribution in [3.8, 4) is 0 Å². The second kappa shape index (κ2) is 6.64. The average molecular weight is 255 g/mol. The number of carbonyl (C=O) groups excluding carboxylic acids is 1. The molecule has 98 valence electrons. The van der Waals surface area contributed by atoms with Gasteiger partial charge in [-0.2, -0.15) is 0 Å². The number of aryl methyl sites for hydroxylation is 1. The summed E-state index contributed by atoms with van der Waals surface area (Å²) in [6, 6.07) is 9.95. The molecular weight excluding hydrogens is 238 g/mol. The molecule has 0 radical (unpaired) electrons. The molecule has 0 atom stereocenters. The van der Waals surface area contributed by atoms with Crippen LogP contribution in [0.5, 0.6) is 0 Å². The second-order valence-electron chi connectivity index (χ2n) is 4.30. The summed E-state index contributed by atoms with van der Waals surface area (Å²) in [4.78, 5) is 11.0. The summed E-state index contributed by atoms with van der Waals surface area (Å²) < 4.78 is 1.78. The predicted octanol–water partition coefficient (Wildman–Crippen LogP) is 3.06. The molecule has 1 aromatic heterocycles. The van der Waals surface area contributed by atoms with E-state index in [1.54, 1.807) is 4.68 Å². The van der Waals surface area contributed by atoms with Gasteiger partial charge in [0.25, 0.3) is 0 Å². The first kappa shape index (κ1) is 13.2. The molecule has 4 heteroatoms. The van der Waals surface area contributed by atoms with Gasteiger partial charge in [0.05, 0.1) is 5.69 Å². The smallest absolute Gasteiger partial charge is 0.172 e. The molecule has 0 unspecified atom stereocenters. The van der Waals surface area contributed by atoms with E-state index in [9.17, 15) is 4.79 Å². The van der Waals surface area contributed by atoms with Gasteiger partial charge in [-0.3, -0.25) is 4.79 Å². The van der Waals surface area contributed by atoms with Gasteiger partial charge in [-0.05, 0) is 18.1 Å². The number of hydrogen-bond donors (Lipinski definition) is 0. The van der Waals surface area contributed by atoms with E-state index in [-0.39, 0.29) is 0 Å². The molecule has 1 heterocycles. The van der Waals surface area contributed by atoms with E-state index in [0.717, 1.165) is 36.9 Å². The lowest BCUT2D eigenvalue weighted by Gasteiger charge is -2.01. The van der Waals surface area contributed by atoms with Crippen LogP contribution in [0.4, 0.5) is 0 Å². The van der Waals surface area contributed by atoms with Crippen molar-refractivity contribution in [2.75, 3.05) is 0 Å². The maximum Gasteiger partial charge on any atom is 0.172 e. The maximum absolute atomic E-state index is 11.0. The molecule has 0 spiro atoms. The molecule has 0 bridgehead atoms. The SMILES string of the molecule is CCCCn1nnc(C=O)c1/C=C/c1ccccc1. The van der Waals surface area contributed by atoms with Gasteiger partial charge < -0.3 is 0 Å². The molecule has 0 aliphatic heterocycles. The summed E-state index contributed by atoms with van der Waals surface area (Å²) in [6.07, 6.45) is 6.72. The number of aldehydes is 1. The zero-order chi connectivity index (χ0) is 13.5. The summed E-state index contributed by atoms with van der Waals surface area (Å²) >= 11 is 0. The molecule has 4 nitrogen and oxygen atoms in total. The van der Waals surface area contributed by atoms with Crippen molar-refractivity contribution in [1.82, 2.24) is 15.0 Å². The number of benzene rings is 1. The van der Waals surface area contributed by atoms with Crippen LogP contribution in [-0.2, 0) is 6.54 Å². The third kappa shape index (κ3) is 3.37. The molecule has 0 aliphatic carbocycles. The Hall–Kier alpha value is -2.23. The van der Waals surface area contributed by atoms with Gasteiger partial charge >= 0.3 is 0 Å². The third-order valence-electron chi connectivity index (χ3n) is 2.87. The van der Waals surface area contributed by atoms with E-state index in [1.165, 1.54) is 0 Å². The van der Waals surface area contributed by atoms with Gasteiger partial charge in [-0.25, -0.2) is 4.68 Å². The minimum Gasteiger partial charge on any atom is -0.296 e. The number of nitrogens with zero attached hydrogens (tertiary/aromatic N) is 3. The van der Waals surface area contributed by atoms with Crippen LogP contribution >= 0.6 is 0 Å². The Morgan fingerprint density at radius 2 is 2.00 bits per heavy atom. The molecular formula is C15H17N3O. The molecule has 0 saturated carbocycles. The Labute approximate surface area is 112 Å². The Kier molecular flexibility index (Phi) is 4.61. The fraction of sp³-hybridized carbons (Fsp3) is 0.267. The Morgan fingerprint density at radius 1 is 1.21 bits per heavy atom. The first-order valence-electron chi connectivity index (χ1n) is 6.47. The monoisotopic (exact) mass is 255 g/mol. The van der Waals surface area contributed by atoms with E-state index in [2.05, 4.69) is 17.2 Å². The number of hydrogen-bond acceptors (Lipinski definition) is 3. The van der Waals surface area contributed by atoms with E-state index in [0.29, 0.717) is 5.69 Å². The Bertz CT molecular complexity index is 558. The number of carbonyl (C=O) groups is 1. The van der Waals surface area contributed by atoms with Gasteiger partial charge in [0.1, 0.15) is 0 Å². The second-order valence-corrected chi connectivity index (χ2v) is 4.30. The van der Waals surface area contributed by atoms with E-state index in [4.69, 9.17) is 0 Å². The van der Waals surface area contributed by atoms with Crippen molar-refractivity contribution in [3.05, 3.63) is 47.3 Å². The minimum atomic E-state index is 0.392. The zero-order valence-electron chi connectivity index (χ0n) is 11.0. The number of unbranched alkanes of at least 4 members (excludes halogenated alkanes) is 1. The lowest BCUT2D eigenvalue weighted by Crippen LogP contribution is -2.02. The maximum atomic E-state index is 11.0. The largest absolute Gasteiger partial charge is 0.296 e. The van der Waals surface area contributed by atoms with Crippen molar-refractivity contribution >= 4 is 18.4 Å². The van der Waals surface area contributed by atoms with Gasteiger partial charge in [-0.15, -0.1) is 5.10 Å². The van der Waals surface area contributed by atoms with Gasteiger partial charge in [-0.1, -0.05) is 55.0 Å². The molecule has 0 N–H and O–H groups in total. The van der Waals surface area contributed by atoms with Crippen molar-refractivity contribution in [2.24, 2.45) is 0 Å². The molecule has 2 rings (SSSR count). The highest BCUT2D eigenvalue weighted by molar-refractivity contribution is 5.81. The standard InChI is InChI=1S/C15H17N3O/c1-2-3-11-18-15(14(12-19)16-17-18)10-9-13-7-5-4-6-8-13/h4-10,12H,2-3,11H2,1H3/b10-9+. The van der Waals surface area contributed by atoms with Gasteiger partial charge in [0, 0.05) is 6.54 Å². The van der Waals surface area contributed by atoms with Gasteiger partial charge in [0.15, 0.2) is 12.0 Å². The quantitative estimate of drug-likeness (QED) is 0.745. The lowest BCUT2D eigenvalue weighted by molar-refractivity contribution is 0.111. The molecule has 0 saturated heterocycles. The molecule has 0 fully saturated rings. The fourth-order valence-corrected chi connectivity index (χ4v) is 1.80. The summed E-state index contributed by atoms with van der Waals surface area (Å²) in [5.74, 6) is 0. The highest BCUT2D eigenvalue weighted by Gasteiger charge is 2.08. The Balaban J connectivity index is 2.24.